The second-order valence-corrected chi connectivity index (χ2v) is 33.5. The van der Waals surface area contributed by atoms with Crippen molar-refractivity contribution in [1.29, 1.82) is 0 Å². The number of carbonyl (C=O) groups excluding carboxylic acids is 2. The molecule has 4 saturated heterocycles. The number of benzene rings is 2. The standard InChI is InChI=1S/C19H26N4O4S.C12H15N3O2S.C7H12ClNO2.I3.I2.HI/c1-19(25)5-7-23(8-6-19)18(24)21-17-20-15-14(26-2)4-3-13(16(15)28-17)22-9-11-27-12-10-22;1-16-9-3-2-8(15-4-6-17-7-5-15)11-10(9)14-12(13)18-11;1-7(11)2-4-9(5-3-7)6(8)10;1-3-2;1-2;/h3-4,25H,5-12H2,1-2H3,(H,20,21,24);2-3H,4-7H2,1H3,(H2,13,14);11H,2-5H2,1H3;;;1H/q;;;-1;;. The molecule has 4 aromatic rings. The van der Waals surface area contributed by atoms with Gasteiger partial charge < -0.3 is 54.5 Å². The Balaban J connectivity index is 0.000000259. The van der Waals surface area contributed by atoms with Crippen LogP contribution >= 0.6 is 133 Å². The zero-order valence-electron chi connectivity index (χ0n) is 35.2. The molecule has 0 bridgehead atoms. The zero-order chi connectivity index (χ0) is 45.5. The first-order valence-corrected chi connectivity index (χ1v) is 40.4. The molecule has 4 fully saturated rings. The minimum absolute atomic E-state index is 0. The number of methoxy groups -OCH3 is 2. The molecule has 4 aliphatic rings. The number of nitrogen functional groups attached to an aromatic ring is 1. The summed E-state index contributed by atoms with van der Waals surface area (Å²) in [6, 6.07) is 7.81. The van der Waals surface area contributed by atoms with Gasteiger partial charge >= 0.3 is 61.9 Å². The van der Waals surface area contributed by atoms with E-state index in [0.29, 0.717) is 94.3 Å². The third-order valence-electron chi connectivity index (χ3n) is 10.6. The Morgan fingerprint density at radius 1 is 0.762 bits per heavy atom. The first-order valence-electron chi connectivity index (χ1n) is 19.5. The van der Waals surface area contributed by atoms with E-state index in [2.05, 4.69) is 106 Å². The molecule has 2 aromatic heterocycles. The molecule has 0 unspecified atom stereocenters. The molecule has 0 saturated carbocycles. The molecular weight excluding hydrogens is 1560 g/mol. The molecule has 4 aliphatic heterocycles. The summed E-state index contributed by atoms with van der Waals surface area (Å²) >= 11 is 17.8. The molecule has 0 atom stereocenters. The summed E-state index contributed by atoms with van der Waals surface area (Å²) in [5, 5.41) is 23.2. The second kappa shape index (κ2) is 28.8. The fourth-order valence-corrected chi connectivity index (χ4v) is 9.05. The molecule has 63 heavy (non-hydrogen) atoms. The molecule has 16 nitrogen and oxygen atoms in total. The second-order valence-electron chi connectivity index (χ2n) is 14.9. The van der Waals surface area contributed by atoms with Gasteiger partial charge in [0.2, 0.25) is 0 Å². The number of morpholine rings is 2. The van der Waals surface area contributed by atoms with Crippen LogP contribution in [0.15, 0.2) is 24.3 Å². The van der Waals surface area contributed by atoms with Crippen molar-refractivity contribution < 1.29 is 52.0 Å². The molecule has 5 N–H and O–H groups in total. The van der Waals surface area contributed by atoms with Gasteiger partial charge in [0.25, 0.3) is 0 Å². The van der Waals surface area contributed by atoms with E-state index in [1.807, 2.05) is 25.1 Å². The number of hydrogen-bond donors (Lipinski definition) is 4. The number of fused-ring (bicyclic) bond motifs is 2. The number of urea groups is 1. The van der Waals surface area contributed by atoms with Crippen molar-refractivity contribution in [1.82, 2.24) is 19.8 Å². The van der Waals surface area contributed by atoms with Crippen molar-refractivity contribution in [2.75, 3.05) is 114 Å². The number of nitrogens with two attached hydrogens (primary N) is 1. The van der Waals surface area contributed by atoms with Crippen LogP contribution in [0.5, 0.6) is 11.5 Å². The average molecular weight is 1610 g/mol. The number of nitrogens with zero attached hydrogens (tertiary/aromatic N) is 6. The number of thiazole rings is 2. The van der Waals surface area contributed by atoms with E-state index in [1.54, 1.807) is 30.9 Å². The van der Waals surface area contributed by atoms with Crippen LogP contribution in [0.4, 0.5) is 31.2 Å². The van der Waals surface area contributed by atoms with Crippen LogP contribution in [-0.2, 0) is 9.47 Å². The number of rotatable bonds is 5. The number of aromatic nitrogens is 2. The summed E-state index contributed by atoms with van der Waals surface area (Å²) in [6.45, 7) is 12.2. The molecule has 0 radical (unpaired) electrons. The number of anilines is 4. The summed E-state index contributed by atoms with van der Waals surface area (Å²) in [7, 11) is 3.28. The summed E-state index contributed by atoms with van der Waals surface area (Å²) in [6.07, 6.45) is 2.39. The van der Waals surface area contributed by atoms with Gasteiger partial charge in [-0.25, -0.2) is 14.8 Å². The summed E-state index contributed by atoms with van der Waals surface area (Å²) in [5.74, 6) is 1.47. The van der Waals surface area contributed by atoms with E-state index in [-0.39, 0.29) is 30.0 Å². The molecule has 6 heterocycles. The topological polar surface area (TPSA) is 188 Å². The number of carbonyl (C=O) groups is 2. The number of halogens is 7. The van der Waals surface area contributed by atoms with E-state index >= 15 is 0 Å². The van der Waals surface area contributed by atoms with E-state index in [0.717, 1.165) is 71.3 Å². The van der Waals surface area contributed by atoms with E-state index in [1.165, 1.54) is 28.4 Å². The van der Waals surface area contributed by atoms with Gasteiger partial charge in [-0.3, -0.25) is 10.1 Å². The Bertz CT molecular complexity index is 2030. The van der Waals surface area contributed by atoms with E-state index in [4.69, 9.17) is 36.3 Å². The van der Waals surface area contributed by atoms with Crippen LogP contribution in [0.3, 0.4) is 0 Å². The average Bonchev–Trinajstić information content (AvgIpc) is 3.88. The van der Waals surface area contributed by atoms with Crippen molar-refractivity contribution >= 4 is 186 Å². The maximum absolute atomic E-state index is 12.6. The predicted octanol–water partition coefficient (Wildman–Crippen LogP) is 6.60. The van der Waals surface area contributed by atoms with Gasteiger partial charge in [0.05, 0.1) is 72.6 Å². The number of amides is 3. The van der Waals surface area contributed by atoms with Gasteiger partial charge in [-0.05, 0) is 75.4 Å². The van der Waals surface area contributed by atoms with Gasteiger partial charge in [-0.15, -0.1) is 24.0 Å². The van der Waals surface area contributed by atoms with E-state index in [9.17, 15) is 19.8 Å². The minimum atomic E-state index is -0.687. The van der Waals surface area contributed by atoms with Crippen LogP contribution in [0.25, 0.3) is 20.4 Å². The van der Waals surface area contributed by atoms with Crippen molar-refractivity contribution in [3.05, 3.63) is 24.3 Å². The summed E-state index contributed by atoms with van der Waals surface area (Å²) < 4.78 is 23.7. The van der Waals surface area contributed by atoms with Crippen molar-refractivity contribution in [2.45, 2.75) is 50.7 Å². The monoisotopic (exact) mass is 1610 g/mol. The van der Waals surface area contributed by atoms with Crippen molar-refractivity contribution in [3.63, 3.8) is 0 Å². The van der Waals surface area contributed by atoms with Gasteiger partial charge in [0, 0.05) is 89.6 Å². The quantitative estimate of drug-likeness (QED) is 0.0952. The zero-order valence-corrected chi connectivity index (χ0v) is 50.7. The van der Waals surface area contributed by atoms with Crippen LogP contribution in [0.1, 0.15) is 39.5 Å². The Kier molecular flexibility index (Phi) is 26.5. The Labute approximate surface area is 452 Å². The van der Waals surface area contributed by atoms with Crippen LogP contribution < -0.4 is 43.6 Å². The van der Waals surface area contributed by atoms with Gasteiger partial charge in [0.15, 0.2) is 10.3 Å². The number of hydrogen-bond acceptors (Lipinski definition) is 15. The molecule has 3 amide bonds. The van der Waals surface area contributed by atoms with Crippen LogP contribution in [0, 0.1) is 0 Å². The normalized spacial score (nSPS) is 17.9. The Morgan fingerprint density at radius 3 is 1.57 bits per heavy atom. The van der Waals surface area contributed by atoms with Crippen molar-refractivity contribution in [2.24, 2.45) is 0 Å². The number of ether oxygens (including phenoxy) is 4. The molecule has 8 rings (SSSR count). The van der Waals surface area contributed by atoms with E-state index < -0.39 is 16.6 Å². The van der Waals surface area contributed by atoms with Gasteiger partial charge in [0.1, 0.15) is 22.5 Å². The maximum atomic E-state index is 12.6. The molecule has 0 aliphatic carbocycles. The summed E-state index contributed by atoms with van der Waals surface area (Å²) in [4.78, 5) is 40.1. The SMILES string of the molecule is CC1(O)CCN(C(=O)Cl)CC1.COc1ccc(N2CCOCC2)c2sc(N)nc12.COc1ccc(N2CCOCC2)c2sc(NC(=O)N3CCC(C)(O)CC3)nc12.I.II.I[I-]I. The number of nitrogens with one attached hydrogen (secondary N) is 1. The fraction of sp³-hybridized carbons (Fsp3) is 0.579. The first kappa shape index (κ1) is 57.8. The molecule has 0 spiro atoms. The molecule has 25 heteroatoms. The predicted molar refractivity (Wildman–Crippen MR) is 297 cm³/mol. The molecule has 2 aromatic carbocycles. The Morgan fingerprint density at radius 2 is 1.16 bits per heavy atom. The molecule has 356 valence electrons. The van der Waals surface area contributed by atoms with Gasteiger partial charge in [-0.2, -0.15) is 0 Å². The summed E-state index contributed by atoms with van der Waals surface area (Å²) in [5.41, 5.74) is 8.39. The Hall–Kier alpha value is 0.470. The van der Waals surface area contributed by atoms with Crippen LogP contribution in [-0.4, -0.2) is 146 Å². The number of likely N-dealkylation sites (tertiary alicyclic amines) is 2. The third kappa shape index (κ3) is 17.4. The number of piperidine rings is 2. The van der Waals surface area contributed by atoms with Gasteiger partial charge in [-0.1, -0.05) is 22.7 Å². The number of aliphatic hydroxyl groups is 2. The molecular formula is C38H54ClI6N8O8S2-. The fourth-order valence-electron chi connectivity index (χ4n) is 6.97. The first-order chi connectivity index (χ1) is 29.7. The van der Waals surface area contributed by atoms with Crippen LogP contribution in [0.2, 0.25) is 0 Å². The van der Waals surface area contributed by atoms with Crippen molar-refractivity contribution in [3.8, 4) is 11.5 Å². The third-order valence-corrected chi connectivity index (χ3v) is 12.7.